The van der Waals surface area contributed by atoms with Gasteiger partial charge < -0.3 is 15.5 Å². The lowest BCUT2D eigenvalue weighted by Crippen LogP contribution is -2.48. The molecular weight excluding hydrogens is 366 g/mol. The molecule has 0 heterocycles. The van der Waals surface area contributed by atoms with Gasteiger partial charge in [0.1, 0.15) is 0 Å². The van der Waals surface area contributed by atoms with Crippen LogP contribution in [0.4, 0.5) is 0 Å². The maximum Gasteiger partial charge on any atom is 0.0735 e. The summed E-state index contributed by atoms with van der Waals surface area (Å²) in [6, 6.07) is 8.59. The first-order chi connectivity index (χ1) is 11.5. The standard InChI is InChI=1S/C20H32BrNO2/c1-15-6-4-3-5-7-18(14-23)20(15,24)12-13-22-16(2)17-8-10-19(21)11-9-17/h8-11,15-16,18,22-24H,3-7,12-14H2,1-2H3/t15?,16-,18?,20?/m0/s1. The number of hydrogen-bond donors (Lipinski definition) is 3. The van der Waals surface area contributed by atoms with Gasteiger partial charge in [-0.25, -0.2) is 0 Å². The van der Waals surface area contributed by atoms with Gasteiger partial charge in [0, 0.05) is 23.0 Å². The molecule has 0 radical (unpaired) electrons. The van der Waals surface area contributed by atoms with E-state index in [1.165, 1.54) is 18.4 Å². The Labute approximate surface area is 155 Å². The van der Waals surface area contributed by atoms with Gasteiger partial charge in [-0.05, 0) is 56.3 Å². The zero-order valence-corrected chi connectivity index (χ0v) is 16.6. The topological polar surface area (TPSA) is 52.5 Å². The second-order valence-corrected chi connectivity index (χ2v) is 8.30. The molecule has 1 aliphatic carbocycles. The van der Waals surface area contributed by atoms with Crippen LogP contribution in [-0.2, 0) is 0 Å². The van der Waals surface area contributed by atoms with Crippen molar-refractivity contribution in [1.29, 1.82) is 0 Å². The number of nitrogens with one attached hydrogen (secondary N) is 1. The van der Waals surface area contributed by atoms with E-state index in [2.05, 4.69) is 59.4 Å². The van der Waals surface area contributed by atoms with Gasteiger partial charge in [-0.2, -0.15) is 0 Å². The lowest BCUT2D eigenvalue weighted by molar-refractivity contribution is -0.0958. The molecule has 4 heteroatoms. The first kappa shape index (κ1) is 19.9. The van der Waals surface area contributed by atoms with Crippen LogP contribution < -0.4 is 5.32 Å². The van der Waals surface area contributed by atoms with Crippen LogP contribution in [0.25, 0.3) is 0 Å². The fourth-order valence-electron chi connectivity index (χ4n) is 3.98. The Hall–Kier alpha value is -0.420. The lowest BCUT2D eigenvalue weighted by atomic mass is 9.70. The average Bonchev–Trinajstić information content (AvgIpc) is 2.57. The number of benzene rings is 1. The summed E-state index contributed by atoms with van der Waals surface area (Å²) in [6.07, 6.45) is 6.19. The van der Waals surface area contributed by atoms with Crippen molar-refractivity contribution in [1.82, 2.24) is 5.32 Å². The quantitative estimate of drug-likeness (QED) is 0.665. The van der Waals surface area contributed by atoms with Gasteiger partial charge in [-0.15, -0.1) is 0 Å². The summed E-state index contributed by atoms with van der Waals surface area (Å²) in [6.45, 7) is 5.14. The number of halogens is 1. The highest BCUT2D eigenvalue weighted by molar-refractivity contribution is 9.10. The first-order valence-corrected chi connectivity index (χ1v) is 10.1. The van der Waals surface area contributed by atoms with Crippen LogP contribution in [0.5, 0.6) is 0 Å². The second kappa shape index (κ2) is 9.33. The third-order valence-corrected chi connectivity index (χ3v) is 6.35. The first-order valence-electron chi connectivity index (χ1n) is 9.29. The van der Waals surface area contributed by atoms with Gasteiger partial charge in [0.15, 0.2) is 0 Å². The fraction of sp³-hybridized carbons (Fsp3) is 0.700. The Morgan fingerprint density at radius 3 is 2.54 bits per heavy atom. The van der Waals surface area contributed by atoms with E-state index in [-0.39, 0.29) is 24.5 Å². The Morgan fingerprint density at radius 2 is 1.88 bits per heavy atom. The number of hydrogen-bond acceptors (Lipinski definition) is 3. The van der Waals surface area contributed by atoms with Crippen molar-refractivity contribution in [3.05, 3.63) is 34.3 Å². The Kier molecular flexibility index (Phi) is 7.73. The fourth-order valence-corrected chi connectivity index (χ4v) is 4.24. The Balaban J connectivity index is 1.94. The van der Waals surface area contributed by atoms with Crippen molar-refractivity contribution in [3.63, 3.8) is 0 Å². The van der Waals surface area contributed by atoms with Gasteiger partial charge in [-0.1, -0.05) is 54.2 Å². The molecule has 0 bridgehead atoms. The molecule has 0 aliphatic heterocycles. The van der Waals surface area contributed by atoms with E-state index in [0.717, 1.165) is 30.3 Å². The summed E-state index contributed by atoms with van der Waals surface area (Å²) < 4.78 is 1.09. The molecule has 1 aliphatic rings. The minimum atomic E-state index is -0.762. The average molecular weight is 398 g/mol. The highest BCUT2D eigenvalue weighted by atomic mass is 79.9. The monoisotopic (exact) mass is 397 g/mol. The van der Waals surface area contributed by atoms with Crippen molar-refractivity contribution in [2.24, 2.45) is 11.8 Å². The third kappa shape index (κ3) is 5.04. The highest BCUT2D eigenvalue weighted by Gasteiger charge is 2.41. The predicted molar refractivity (Wildman–Crippen MR) is 103 cm³/mol. The summed E-state index contributed by atoms with van der Waals surface area (Å²) in [7, 11) is 0. The second-order valence-electron chi connectivity index (χ2n) is 7.39. The van der Waals surface area contributed by atoms with E-state index in [0.29, 0.717) is 6.42 Å². The smallest absolute Gasteiger partial charge is 0.0735 e. The summed E-state index contributed by atoms with van der Waals surface area (Å²) in [4.78, 5) is 0. The van der Waals surface area contributed by atoms with Crippen molar-refractivity contribution in [3.8, 4) is 0 Å². The molecule has 3 nitrogen and oxygen atoms in total. The van der Waals surface area contributed by atoms with Crippen molar-refractivity contribution in [2.75, 3.05) is 13.2 Å². The molecule has 136 valence electrons. The van der Waals surface area contributed by atoms with Crippen LogP contribution >= 0.6 is 15.9 Å². The summed E-state index contributed by atoms with van der Waals surface area (Å²) in [5, 5.41) is 24.6. The molecule has 1 aromatic carbocycles. The molecule has 0 saturated heterocycles. The van der Waals surface area contributed by atoms with Crippen molar-refractivity contribution >= 4 is 15.9 Å². The Morgan fingerprint density at radius 1 is 1.21 bits per heavy atom. The van der Waals surface area contributed by atoms with Crippen LogP contribution in [0, 0.1) is 11.8 Å². The molecule has 0 amide bonds. The zero-order chi connectivity index (χ0) is 17.6. The van der Waals surface area contributed by atoms with Crippen LogP contribution in [0.3, 0.4) is 0 Å². The molecule has 3 unspecified atom stereocenters. The normalized spacial score (nSPS) is 29.7. The van der Waals surface area contributed by atoms with E-state index < -0.39 is 5.60 Å². The van der Waals surface area contributed by atoms with E-state index in [9.17, 15) is 10.2 Å². The van der Waals surface area contributed by atoms with Crippen LogP contribution in [0.1, 0.15) is 64.0 Å². The van der Waals surface area contributed by atoms with Gasteiger partial charge in [0.05, 0.1) is 5.60 Å². The SMILES string of the molecule is CC1CCCCCC(CO)C1(O)CCN[C@@H](C)c1ccc(Br)cc1. The van der Waals surface area contributed by atoms with Crippen molar-refractivity contribution < 1.29 is 10.2 Å². The molecule has 4 atom stereocenters. The highest BCUT2D eigenvalue weighted by Crippen LogP contribution is 2.38. The molecule has 2 rings (SSSR count). The Bertz CT molecular complexity index is 493. The van der Waals surface area contributed by atoms with E-state index in [1.54, 1.807) is 0 Å². The molecule has 1 saturated carbocycles. The summed E-state index contributed by atoms with van der Waals surface area (Å²) in [5.41, 5.74) is 0.483. The van der Waals surface area contributed by atoms with Gasteiger partial charge >= 0.3 is 0 Å². The lowest BCUT2D eigenvalue weighted by Gasteiger charge is -2.42. The van der Waals surface area contributed by atoms with Crippen molar-refractivity contribution in [2.45, 2.75) is 64.0 Å². The molecule has 3 N–H and O–H groups in total. The number of rotatable bonds is 6. The maximum atomic E-state index is 11.3. The van der Waals surface area contributed by atoms with Crippen LogP contribution in [0.2, 0.25) is 0 Å². The zero-order valence-electron chi connectivity index (χ0n) is 15.0. The van der Waals surface area contributed by atoms with Gasteiger partial charge in [0.2, 0.25) is 0 Å². The molecular formula is C20H32BrNO2. The van der Waals surface area contributed by atoms with E-state index >= 15 is 0 Å². The van der Waals surface area contributed by atoms with E-state index in [1.807, 2.05) is 0 Å². The predicted octanol–water partition coefficient (Wildman–Crippen LogP) is 4.43. The molecule has 0 spiro atoms. The number of aliphatic hydroxyl groups excluding tert-OH is 1. The largest absolute Gasteiger partial charge is 0.396 e. The van der Waals surface area contributed by atoms with Gasteiger partial charge in [0.25, 0.3) is 0 Å². The van der Waals surface area contributed by atoms with E-state index in [4.69, 9.17) is 0 Å². The minimum Gasteiger partial charge on any atom is -0.396 e. The molecule has 0 aromatic heterocycles. The molecule has 24 heavy (non-hydrogen) atoms. The number of aliphatic hydroxyl groups is 2. The van der Waals surface area contributed by atoms with Crippen LogP contribution in [-0.4, -0.2) is 29.0 Å². The summed E-state index contributed by atoms with van der Waals surface area (Å²) >= 11 is 3.46. The van der Waals surface area contributed by atoms with Crippen LogP contribution in [0.15, 0.2) is 28.7 Å². The third-order valence-electron chi connectivity index (χ3n) is 5.82. The minimum absolute atomic E-state index is 0.00223. The van der Waals surface area contributed by atoms with Gasteiger partial charge in [-0.3, -0.25) is 0 Å². The molecule has 1 fully saturated rings. The molecule has 1 aromatic rings. The summed E-state index contributed by atoms with van der Waals surface area (Å²) in [5.74, 6) is 0.234. The maximum absolute atomic E-state index is 11.3.